The van der Waals surface area contributed by atoms with Crippen molar-refractivity contribution >= 4 is 11.5 Å². The molecule has 1 aliphatic carbocycles. The predicted octanol–water partition coefficient (Wildman–Crippen LogP) is 5.88. The topological polar surface area (TPSA) is 40.5 Å². The molecule has 0 spiro atoms. The van der Waals surface area contributed by atoms with Crippen LogP contribution in [0.1, 0.15) is 61.9 Å². The Morgan fingerprint density at radius 3 is 2.47 bits per heavy atom. The fourth-order valence-corrected chi connectivity index (χ4v) is 5.14. The minimum atomic E-state index is -1.54. The third kappa shape index (κ3) is 4.33. The van der Waals surface area contributed by atoms with Crippen molar-refractivity contribution in [2.75, 3.05) is 6.54 Å². The van der Waals surface area contributed by atoms with Gasteiger partial charge in [-0.3, -0.25) is 9.69 Å². The second-order valence-corrected chi connectivity index (χ2v) is 9.55. The molecule has 1 N–H and O–H groups in total. The average Bonchev–Trinajstić information content (AvgIpc) is 3.05. The summed E-state index contributed by atoms with van der Waals surface area (Å²) in [6, 6.07) is 9.61. The maximum Gasteiger partial charge on any atom is 0.303 e. The van der Waals surface area contributed by atoms with Gasteiger partial charge in [0.2, 0.25) is 0 Å². The lowest BCUT2D eigenvalue weighted by Crippen LogP contribution is -2.47. The summed E-state index contributed by atoms with van der Waals surface area (Å²) < 4.78 is 45.6. The van der Waals surface area contributed by atoms with Gasteiger partial charge in [-0.05, 0) is 80.0 Å². The third-order valence-corrected chi connectivity index (χ3v) is 6.44. The fourth-order valence-electron chi connectivity index (χ4n) is 5.14. The quantitative estimate of drug-likeness (QED) is 0.607. The molecule has 4 rings (SSSR count). The first-order valence-electron chi connectivity index (χ1n) is 11.0. The number of rotatable bonds is 6. The molecule has 3 nitrogen and oxygen atoms in total. The number of carboxylic acid groups (broad SMARTS) is 1. The first-order chi connectivity index (χ1) is 15.0. The second kappa shape index (κ2) is 8.39. The maximum absolute atomic E-state index is 15.4. The standard InChI is InChI=1S/C26H28F3NO2/c1-15-10-19-18-7-5-4-6-17(18)13-20(19)25(30(15)14-26(2,3)29)24-21(27)11-16(12-22(24)28)8-9-23(31)32/h4-7,11-12,15,25H,8-10,13-14H2,1-3H3,(H,31,32)/t15-,25+/m1/s1. The number of carboxylic acids is 1. The molecule has 0 aromatic heterocycles. The van der Waals surface area contributed by atoms with E-state index in [4.69, 9.17) is 5.11 Å². The summed E-state index contributed by atoms with van der Waals surface area (Å²) in [5.41, 5.74) is 2.93. The molecule has 2 aliphatic rings. The molecule has 0 radical (unpaired) electrons. The Morgan fingerprint density at radius 2 is 1.84 bits per heavy atom. The molecule has 0 saturated carbocycles. The first-order valence-corrected chi connectivity index (χ1v) is 11.0. The van der Waals surface area contributed by atoms with Gasteiger partial charge in [0.1, 0.15) is 17.3 Å². The molecule has 0 saturated heterocycles. The normalized spacial score (nSPS) is 20.9. The lowest BCUT2D eigenvalue weighted by Gasteiger charge is -2.44. The van der Waals surface area contributed by atoms with Crippen LogP contribution in [0.4, 0.5) is 13.2 Å². The Hall–Kier alpha value is -2.60. The highest BCUT2D eigenvalue weighted by Gasteiger charge is 2.42. The van der Waals surface area contributed by atoms with Gasteiger partial charge in [-0.15, -0.1) is 0 Å². The summed E-state index contributed by atoms with van der Waals surface area (Å²) in [7, 11) is 0. The Balaban J connectivity index is 1.82. The molecule has 32 heavy (non-hydrogen) atoms. The van der Waals surface area contributed by atoms with E-state index in [0.29, 0.717) is 18.4 Å². The number of halogens is 3. The highest BCUT2D eigenvalue weighted by molar-refractivity contribution is 5.79. The van der Waals surface area contributed by atoms with Crippen molar-refractivity contribution in [3.8, 4) is 0 Å². The zero-order valence-electron chi connectivity index (χ0n) is 18.6. The van der Waals surface area contributed by atoms with Crippen LogP contribution in [-0.4, -0.2) is 34.2 Å². The van der Waals surface area contributed by atoms with Crippen molar-refractivity contribution < 1.29 is 23.1 Å². The molecule has 1 heterocycles. The summed E-state index contributed by atoms with van der Waals surface area (Å²) in [6.07, 6.45) is 1.11. The Kier molecular flexibility index (Phi) is 5.93. The zero-order valence-corrected chi connectivity index (χ0v) is 18.6. The molecule has 0 amide bonds. The highest BCUT2D eigenvalue weighted by atomic mass is 19.1. The maximum atomic E-state index is 15.4. The van der Waals surface area contributed by atoms with Crippen LogP contribution in [-0.2, 0) is 17.6 Å². The molecule has 2 atom stereocenters. The van der Waals surface area contributed by atoms with Crippen LogP contribution in [0, 0.1) is 11.6 Å². The number of benzene rings is 2. The first kappa shape index (κ1) is 22.6. The van der Waals surface area contributed by atoms with E-state index in [0.717, 1.165) is 22.3 Å². The van der Waals surface area contributed by atoms with Crippen LogP contribution in [0.5, 0.6) is 0 Å². The number of carbonyl (C=O) groups is 1. The van der Waals surface area contributed by atoms with Gasteiger partial charge in [0.25, 0.3) is 0 Å². The Morgan fingerprint density at radius 1 is 1.19 bits per heavy atom. The minimum Gasteiger partial charge on any atom is -0.481 e. The van der Waals surface area contributed by atoms with Crippen molar-refractivity contribution in [2.45, 2.75) is 64.2 Å². The summed E-state index contributed by atoms with van der Waals surface area (Å²) >= 11 is 0. The van der Waals surface area contributed by atoms with Gasteiger partial charge < -0.3 is 5.11 Å². The molecule has 0 bridgehead atoms. The number of nitrogens with zero attached hydrogens (tertiary/aromatic N) is 1. The summed E-state index contributed by atoms with van der Waals surface area (Å²) in [5, 5.41) is 8.90. The lowest BCUT2D eigenvalue weighted by molar-refractivity contribution is -0.136. The molecule has 6 heteroatoms. The Bertz CT molecular complexity index is 1060. The van der Waals surface area contributed by atoms with E-state index in [1.54, 1.807) is 0 Å². The lowest BCUT2D eigenvalue weighted by atomic mass is 9.83. The summed E-state index contributed by atoms with van der Waals surface area (Å²) in [5.74, 6) is -2.45. The van der Waals surface area contributed by atoms with Gasteiger partial charge >= 0.3 is 5.97 Å². The van der Waals surface area contributed by atoms with E-state index < -0.39 is 29.3 Å². The van der Waals surface area contributed by atoms with Crippen molar-refractivity contribution in [2.24, 2.45) is 0 Å². The van der Waals surface area contributed by atoms with E-state index in [-0.39, 0.29) is 31.0 Å². The van der Waals surface area contributed by atoms with E-state index in [9.17, 15) is 9.18 Å². The number of hydrogen-bond acceptors (Lipinski definition) is 2. The number of hydrogen-bond donors (Lipinski definition) is 1. The van der Waals surface area contributed by atoms with Gasteiger partial charge in [-0.1, -0.05) is 24.3 Å². The van der Waals surface area contributed by atoms with Gasteiger partial charge in [0.05, 0.1) is 6.04 Å². The van der Waals surface area contributed by atoms with Crippen LogP contribution >= 0.6 is 0 Å². The van der Waals surface area contributed by atoms with E-state index in [1.807, 2.05) is 36.1 Å². The third-order valence-electron chi connectivity index (χ3n) is 6.44. The zero-order chi connectivity index (χ0) is 23.2. The fraction of sp³-hybridized carbons (Fsp3) is 0.423. The molecule has 2 aromatic rings. The molecule has 0 fully saturated rings. The molecule has 0 unspecified atom stereocenters. The smallest absolute Gasteiger partial charge is 0.303 e. The molecular formula is C26H28F3NO2. The Labute approximate surface area is 186 Å². The van der Waals surface area contributed by atoms with Gasteiger partial charge in [0, 0.05) is 24.6 Å². The van der Waals surface area contributed by atoms with Crippen LogP contribution in [0.15, 0.2) is 42.0 Å². The van der Waals surface area contributed by atoms with E-state index in [2.05, 4.69) is 0 Å². The number of fused-ring (bicyclic) bond motifs is 2. The monoisotopic (exact) mass is 443 g/mol. The average molecular weight is 444 g/mol. The largest absolute Gasteiger partial charge is 0.481 e. The SMILES string of the molecule is C[C@@H]1CC2=C(Cc3ccccc32)[C@@H](c2c(F)cc(CCC(=O)O)cc2F)N1CC(C)(C)F. The minimum absolute atomic E-state index is 0.0468. The molecule has 2 aromatic carbocycles. The van der Waals surface area contributed by atoms with E-state index in [1.165, 1.54) is 26.0 Å². The van der Waals surface area contributed by atoms with Crippen molar-refractivity contribution in [3.63, 3.8) is 0 Å². The van der Waals surface area contributed by atoms with Crippen LogP contribution in [0.2, 0.25) is 0 Å². The summed E-state index contributed by atoms with van der Waals surface area (Å²) in [4.78, 5) is 12.7. The van der Waals surface area contributed by atoms with Crippen LogP contribution < -0.4 is 0 Å². The molecule has 170 valence electrons. The second-order valence-electron chi connectivity index (χ2n) is 9.55. The van der Waals surface area contributed by atoms with Gasteiger partial charge in [-0.2, -0.15) is 0 Å². The number of alkyl halides is 1. The number of aryl methyl sites for hydroxylation is 1. The van der Waals surface area contributed by atoms with E-state index >= 15 is 8.78 Å². The van der Waals surface area contributed by atoms with Gasteiger partial charge in [0.15, 0.2) is 0 Å². The van der Waals surface area contributed by atoms with Crippen molar-refractivity contribution in [1.29, 1.82) is 0 Å². The highest BCUT2D eigenvalue weighted by Crippen LogP contribution is 2.50. The summed E-state index contributed by atoms with van der Waals surface area (Å²) in [6.45, 7) is 4.98. The van der Waals surface area contributed by atoms with Crippen LogP contribution in [0.3, 0.4) is 0 Å². The predicted molar refractivity (Wildman–Crippen MR) is 118 cm³/mol. The van der Waals surface area contributed by atoms with Crippen LogP contribution in [0.25, 0.3) is 5.57 Å². The molecule has 1 aliphatic heterocycles. The number of aliphatic carboxylic acids is 1. The molecular weight excluding hydrogens is 415 g/mol. The van der Waals surface area contributed by atoms with Crippen molar-refractivity contribution in [1.82, 2.24) is 4.90 Å². The van der Waals surface area contributed by atoms with Gasteiger partial charge in [-0.25, -0.2) is 13.2 Å². The van der Waals surface area contributed by atoms with Crippen molar-refractivity contribution in [3.05, 3.63) is 75.9 Å².